The highest BCUT2D eigenvalue weighted by Crippen LogP contribution is 2.22. The summed E-state index contributed by atoms with van der Waals surface area (Å²) in [4.78, 5) is 12.3. The molecule has 4 nitrogen and oxygen atoms in total. The van der Waals surface area contributed by atoms with Gasteiger partial charge in [0, 0.05) is 17.2 Å². The molecule has 0 aliphatic heterocycles. The fraction of sp³-hybridized carbons (Fsp3) is 0.333. The van der Waals surface area contributed by atoms with E-state index >= 15 is 0 Å². The van der Waals surface area contributed by atoms with Crippen molar-refractivity contribution in [1.82, 2.24) is 9.78 Å². The van der Waals surface area contributed by atoms with Crippen molar-refractivity contribution in [3.63, 3.8) is 0 Å². The highest BCUT2D eigenvalue weighted by atomic mass is 79.9. The summed E-state index contributed by atoms with van der Waals surface area (Å²) in [5.41, 5.74) is 3.45. The first-order valence-corrected chi connectivity index (χ1v) is 7.47. The maximum atomic E-state index is 12.3. The molecule has 1 heterocycles. The maximum absolute atomic E-state index is 12.3. The quantitative estimate of drug-likeness (QED) is 0.928. The molecule has 0 spiro atoms. The minimum atomic E-state index is -0.128. The normalized spacial score (nSPS) is 10.6. The van der Waals surface area contributed by atoms with Gasteiger partial charge in [0.15, 0.2) is 0 Å². The minimum absolute atomic E-state index is 0.128. The summed E-state index contributed by atoms with van der Waals surface area (Å²) in [7, 11) is 1.79. The monoisotopic (exact) mass is 335 g/mol. The largest absolute Gasteiger partial charge is 0.320 e. The fourth-order valence-corrected chi connectivity index (χ4v) is 2.48. The van der Waals surface area contributed by atoms with E-state index in [9.17, 15) is 4.79 Å². The second-order valence-electron chi connectivity index (χ2n) is 4.61. The van der Waals surface area contributed by atoms with Crippen LogP contribution in [0.5, 0.6) is 0 Å². The van der Waals surface area contributed by atoms with Gasteiger partial charge in [-0.15, -0.1) is 0 Å². The van der Waals surface area contributed by atoms with Crippen LogP contribution in [0, 0.1) is 0 Å². The third kappa shape index (κ3) is 3.10. The molecule has 0 unspecified atom stereocenters. The Hall–Kier alpha value is -1.62. The van der Waals surface area contributed by atoms with Crippen LogP contribution in [-0.2, 0) is 19.9 Å². The van der Waals surface area contributed by atoms with Gasteiger partial charge in [-0.25, -0.2) is 0 Å². The first-order valence-electron chi connectivity index (χ1n) is 6.67. The van der Waals surface area contributed by atoms with Crippen LogP contribution in [0.15, 0.2) is 28.7 Å². The van der Waals surface area contributed by atoms with Crippen LogP contribution in [0.25, 0.3) is 0 Å². The predicted molar refractivity (Wildman–Crippen MR) is 84.1 cm³/mol. The second kappa shape index (κ2) is 6.22. The Bertz CT molecular complexity index is 634. The molecule has 2 rings (SSSR count). The van der Waals surface area contributed by atoms with Crippen LogP contribution < -0.4 is 5.32 Å². The number of nitrogens with one attached hydrogen (secondary N) is 1. The van der Waals surface area contributed by atoms with Gasteiger partial charge in [-0.3, -0.25) is 9.48 Å². The average molecular weight is 336 g/mol. The Morgan fingerprint density at radius 1 is 1.30 bits per heavy atom. The average Bonchev–Trinajstić information content (AvgIpc) is 2.82. The summed E-state index contributed by atoms with van der Waals surface area (Å²) in [5.74, 6) is -0.128. The number of carbonyl (C=O) groups excluding carboxylic acids is 1. The smallest absolute Gasteiger partial charge is 0.273 e. The molecule has 0 bridgehead atoms. The molecule has 0 aliphatic rings. The number of anilines is 1. The molecule has 0 saturated carbocycles. The third-order valence-electron chi connectivity index (χ3n) is 3.22. The molecule has 2 aromatic rings. The van der Waals surface area contributed by atoms with Crippen molar-refractivity contribution >= 4 is 27.5 Å². The van der Waals surface area contributed by atoms with Gasteiger partial charge >= 0.3 is 0 Å². The highest BCUT2D eigenvalue weighted by Gasteiger charge is 2.14. The minimum Gasteiger partial charge on any atom is -0.320 e. The first kappa shape index (κ1) is 14.8. The van der Waals surface area contributed by atoms with Crippen molar-refractivity contribution in [2.24, 2.45) is 7.05 Å². The Morgan fingerprint density at radius 2 is 2.05 bits per heavy atom. The number of hydrogen-bond acceptors (Lipinski definition) is 2. The van der Waals surface area contributed by atoms with E-state index in [1.165, 1.54) is 0 Å². The van der Waals surface area contributed by atoms with Gasteiger partial charge in [0.05, 0.1) is 5.69 Å². The number of aryl methyl sites for hydroxylation is 3. The third-order valence-corrected chi connectivity index (χ3v) is 3.71. The van der Waals surface area contributed by atoms with Crippen LogP contribution in [-0.4, -0.2) is 15.7 Å². The van der Waals surface area contributed by atoms with Gasteiger partial charge in [-0.1, -0.05) is 29.8 Å². The molecular weight excluding hydrogens is 318 g/mol. The Kier molecular flexibility index (Phi) is 4.60. The second-order valence-corrected chi connectivity index (χ2v) is 5.52. The summed E-state index contributed by atoms with van der Waals surface area (Å²) in [6.07, 6.45) is 1.68. The molecule has 0 aliphatic carbocycles. The van der Waals surface area contributed by atoms with Gasteiger partial charge in [0.2, 0.25) is 0 Å². The van der Waals surface area contributed by atoms with Crippen LogP contribution >= 0.6 is 15.9 Å². The number of hydrogen-bond donors (Lipinski definition) is 1. The number of rotatable bonds is 4. The zero-order valence-corrected chi connectivity index (χ0v) is 13.5. The molecule has 1 N–H and O–H groups in total. The zero-order valence-electron chi connectivity index (χ0n) is 11.9. The Morgan fingerprint density at radius 3 is 2.65 bits per heavy atom. The summed E-state index contributed by atoms with van der Waals surface area (Å²) >= 11 is 3.45. The van der Waals surface area contributed by atoms with Crippen LogP contribution in [0.2, 0.25) is 0 Å². The molecular formula is C15H18BrN3O. The lowest BCUT2D eigenvalue weighted by atomic mass is 10.1. The number of carbonyl (C=O) groups is 1. The number of aromatic nitrogens is 2. The van der Waals surface area contributed by atoms with Gasteiger partial charge < -0.3 is 5.32 Å². The maximum Gasteiger partial charge on any atom is 0.273 e. The zero-order chi connectivity index (χ0) is 14.7. The van der Waals surface area contributed by atoms with Crippen LogP contribution in [0.3, 0.4) is 0 Å². The number of halogens is 1. The highest BCUT2D eigenvalue weighted by molar-refractivity contribution is 9.10. The molecule has 0 saturated heterocycles. The lowest BCUT2D eigenvalue weighted by molar-refractivity contribution is 0.101. The van der Waals surface area contributed by atoms with E-state index in [-0.39, 0.29) is 5.91 Å². The lowest BCUT2D eigenvalue weighted by Crippen LogP contribution is -2.17. The summed E-state index contributed by atoms with van der Waals surface area (Å²) in [6.45, 7) is 4.09. The van der Waals surface area contributed by atoms with Crippen molar-refractivity contribution in [1.29, 1.82) is 0 Å². The molecule has 20 heavy (non-hydrogen) atoms. The molecule has 1 aromatic heterocycles. The van der Waals surface area contributed by atoms with Crippen LogP contribution in [0.4, 0.5) is 5.69 Å². The molecule has 106 valence electrons. The van der Waals surface area contributed by atoms with E-state index in [1.807, 2.05) is 31.2 Å². The van der Waals surface area contributed by atoms with Crippen molar-refractivity contribution in [3.05, 3.63) is 45.7 Å². The summed E-state index contributed by atoms with van der Waals surface area (Å²) in [5, 5.41) is 7.26. The van der Waals surface area contributed by atoms with E-state index in [4.69, 9.17) is 0 Å². The Balaban J connectivity index is 2.25. The molecule has 5 heteroatoms. The van der Waals surface area contributed by atoms with Crippen molar-refractivity contribution in [2.75, 3.05) is 5.32 Å². The van der Waals surface area contributed by atoms with Gasteiger partial charge in [-0.2, -0.15) is 5.10 Å². The molecule has 0 fully saturated rings. The van der Waals surface area contributed by atoms with Crippen molar-refractivity contribution < 1.29 is 4.79 Å². The summed E-state index contributed by atoms with van der Waals surface area (Å²) < 4.78 is 2.64. The van der Waals surface area contributed by atoms with E-state index in [2.05, 4.69) is 33.3 Å². The number of nitrogens with zero attached hydrogens (tertiary/aromatic N) is 2. The fourth-order valence-electron chi connectivity index (χ4n) is 2.08. The topological polar surface area (TPSA) is 46.9 Å². The molecule has 1 amide bonds. The molecule has 0 radical (unpaired) electrons. The van der Waals surface area contributed by atoms with Gasteiger partial charge in [-0.05, 0) is 42.7 Å². The Labute approximate surface area is 127 Å². The number of benzene rings is 1. The van der Waals surface area contributed by atoms with E-state index in [1.54, 1.807) is 11.7 Å². The standard InChI is InChI=1S/C15H18BrN3O/c1-4-10-8-11(16)6-7-13(10)17-15(20)14-9-12(5-2)18-19(14)3/h6-9H,4-5H2,1-3H3,(H,17,20). The lowest BCUT2D eigenvalue weighted by Gasteiger charge is -2.10. The molecule has 1 aromatic carbocycles. The molecule has 0 atom stereocenters. The van der Waals surface area contributed by atoms with E-state index in [0.717, 1.165) is 34.3 Å². The first-order chi connectivity index (χ1) is 9.55. The van der Waals surface area contributed by atoms with Crippen molar-refractivity contribution in [2.45, 2.75) is 26.7 Å². The SMILES string of the molecule is CCc1cc(C(=O)Nc2ccc(Br)cc2CC)n(C)n1. The van der Waals surface area contributed by atoms with Gasteiger partial charge in [0.25, 0.3) is 5.91 Å². The van der Waals surface area contributed by atoms with Gasteiger partial charge in [0.1, 0.15) is 5.69 Å². The van der Waals surface area contributed by atoms with Crippen molar-refractivity contribution in [3.8, 4) is 0 Å². The predicted octanol–water partition coefficient (Wildman–Crippen LogP) is 3.56. The van der Waals surface area contributed by atoms with E-state index in [0.29, 0.717) is 5.69 Å². The summed E-state index contributed by atoms with van der Waals surface area (Å²) in [6, 6.07) is 7.70. The van der Waals surface area contributed by atoms with E-state index < -0.39 is 0 Å². The van der Waals surface area contributed by atoms with Crippen LogP contribution in [0.1, 0.15) is 35.6 Å². The number of amides is 1.